The van der Waals surface area contributed by atoms with Gasteiger partial charge in [0.25, 0.3) is 0 Å². The molecule has 0 N–H and O–H groups in total. The Kier molecular flexibility index (Phi) is 9.60. The van der Waals surface area contributed by atoms with Crippen LogP contribution in [0.15, 0.2) is 57.5 Å². The van der Waals surface area contributed by atoms with E-state index in [1.165, 1.54) is 5.56 Å². The van der Waals surface area contributed by atoms with Crippen molar-refractivity contribution in [3.05, 3.63) is 68.6 Å². The van der Waals surface area contributed by atoms with Gasteiger partial charge in [-0.1, -0.05) is 89.0 Å². The Labute approximate surface area is 199 Å². The fourth-order valence-corrected chi connectivity index (χ4v) is 6.10. The molecule has 0 aliphatic heterocycles. The van der Waals surface area contributed by atoms with Gasteiger partial charge in [0.2, 0.25) is 0 Å². The average molecular weight is 534 g/mol. The summed E-state index contributed by atoms with van der Waals surface area (Å²) in [7, 11) is 0. The second-order valence-electron chi connectivity index (χ2n) is 8.69. The Hall–Kier alpha value is -1.15. The molecular weight excluding hydrogens is 500 g/mol. The summed E-state index contributed by atoms with van der Waals surface area (Å²) in [5.41, 5.74) is 1.88. The van der Waals surface area contributed by atoms with Crippen molar-refractivity contribution in [2.45, 2.75) is 77.9 Å². The van der Waals surface area contributed by atoms with E-state index in [1.54, 1.807) is 0 Å². The first-order valence-corrected chi connectivity index (χ1v) is 12.5. The SMILES string of the molecule is CCC(CCC(C#N)(c1c(Br)cccc1Br)C(C)C)N(Cc1ccccc1)C(C)C. The Morgan fingerprint density at radius 2 is 1.57 bits per heavy atom. The van der Waals surface area contributed by atoms with Crippen LogP contribution in [0, 0.1) is 17.2 Å². The third kappa shape index (κ3) is 5.75. The van der Waals surface area contributed by atoms with Crippen LogP contribution in [0.5, 0.6) is 0 Å². The van der Waals surface area contributed by atoms with E-state index in [9.17, 15) is 5.26 Å². The number of nitriles is 1. The van der Waals surface area contributed by atoms with Gasteiger partial charge in [0.05, 0.1) is 11.5 Å². The molecule has 0 bridgehead atoms. The lowest BCUT2D eigenvalue weighted by Crippen LogP contribution is -2.41. The Balaban J connectivity index is 2.33. The molecule has 2 nitrogen and oxygen atoms in total. The number of hydrogen-bond acceptors (Lipinski definition) is 2. The molecule has 0 fully saturated rings. The van der Waals surface area contributed by atoms with Gasteiger partial charge in [0.15, 0.2) is 0 Å². The minimum absolute atomic E-state index is 0.205. The highest BCUT2D eigenvalue weighted by Crippen LogP contribution is 2.44. The monoisotopic (exact) mass is 532 g/mol. The predicted molar refractivity (Wildman–Crippen MR) is 134 cm³/mol. The van der Waals surface area contributed by atoms with Crippen LogP contribution < -0.4 is 0 Å². The topological polar surface area (TPSA) is 27.0 Å². The van der Waals surface area contributed by atoms with Gasteiger partial charge in [-0.3, -0.25) is 4.90 Å². The van der Waals surface area contributed by atoms with E-state index in [-0.39, 0.29) is 5.92 Å². The van der Waals surface area contributed by atoms with E-state index in [0.717, 1.165) is 40.3 Å². The zero-order valence-corrected chi connectivity index (χ0v) is 22.0. The van der Waals surface area contributed by atoms with Crippen LogP contribution in [0.2, 0.25) is 0 Å². The fourth-order valence-electron chi connectivity index (χ4n) is 4.39. The zero-order valence-electron chi connectivity index (χ0n) is 18.8. The molecule has 2 rings (SSSR count). The molecule has 0 spiro atoms. The lowest BCUT2D eigenvalue weighted by Gasteiger charge is -2.38. The van der Waals surface area contributed by atoms with E-state index in [1.807, 2.05) is 18.2 Å². The smallest absolute Gasteiger partial charge is 0.0867 e. The van der Waals surface area contributed by atoms with E-state index >= 15 is 0 Å². The number of rotatable bonds is 10. The van der Waals surface area contributed by atoms with Crippen LogP contribution in [-0.2, 0) is 12.0 Å². The third-order valence-corrected chi connectivity index (χ3v) is 7.60. The largest absolute Gasteiger partial charge is 0.294 e. The van der Waals surface area contributed by atoms with Crippen molar-refractivity contribution in [3.8, 4) is 6.07 Å². The van der Waals surface area contributed by atoms with Gasteiger partial charge in [-0.05, 0) is 56.7 Å². The number of nitrogens with zero attached hydrogens (tertiary/aromatic N) is 2. The summed E-state index contributed by atoms with van der Waals surface area (Å²) >= 11 is 7.44. The first-order chi connectivity index (χ1) is 14.3. The van der Waals surface area contributed by atoms with Crippen LogP contribution in [0.3, 0.4) is 0 Å². The van der Waals surface area contributed by atoms with Gasteiger partial charge < -0.3 is 0 Å². The average Bonchev–Trinajstić information content (AvgIpc) is 2.72. The summed E-state index contributed by atoms with van der Waals surface area (Å²) in [6.45, 7) is 12.1. The highest BCUT2D eigenvalue weighted by molar-refractivity contribution is 9.11. The molecule has 2 unspecified atom stereocenters. The Morgan fingerprint density at radius 3 is 2.03 bits per heavy atom. The van der Waals surface area contributed by atoms with Crippen LogP contribution in [0.1, 0.15) is 65.0 Å². The highest BCUT2D eigenvalue weighted by Gasteiger charge is 2.39. The van der Waals surface area contributed by atoms with Gasteiger partial charge in [-0.15, -0.1) is 0 Å². The van der Waals surface area contributed by atoms with E-state index in [2.05, 4.69) is 108 Å². The Morgan fingerprint density at radius 1 is 0.967 bits per heavy atom. The fraction of sp³-hybridized carbons (Fsp3) is 0.500. The first kappa shape index (κ1) is 25.1. The summed E-state index contributed by atoms with van der Waals surface area (Å²) < 4.78 is 2.01. The predicted octanol–water partition coefficient (Wildman–Crippen LogP) is 8.10. The van der Waals surface area contributed by atoms with Gasteiger partial charge in [-0.25, -0.2) is 0 Å². The van der Waals surface area contributed by atoms with E-state index in [0.29, 0.717) is 12.1 Å². The van der Waals surface area contributed by atoms with Crippen LogP contribution in [0.25, 0.3) is 0 Å². The molecule has 0 heterocycles. The molecule has 0 aliphatic rings. The quantitative estimate of drug-likeness (QED) is 0.308. The molecule has 30 heavy (non-hydrogen) atoms. The van der Waals surface area contributed by atoms with Gasteiger partial charge in [0.1, 0.15) is 0 Å². The van der Waals surface area contributed by atoms with Crippen molar-refractivity contribution in [2.24, 2.45) is 5.92 Å². The summed E-state index contributed by atoms with van der Waals surface area (Å²) in [4.78, 5) is 2.59. The lowest BCUT2D eigenvalue weighted by molar-refractivity contribution is 0.123. The second-order valence-corrected chi connectivity index (χ2v) is 10.4. The van der Waals surface area contributed by atoms with Crippen LogP contribution >= 0.6 is 31.9 Å². The summed E-state index contributed by atoms with van der Waals surface area (Å²) in [6.07, 6.45) is 2.89. The standard InChI is InChI=1S/C26H34Br2N2/c1-6-22(30(20(4)5)17-21-11-8-7-9-12-21)15-16-26(18-29,19(2)3)25-23(27)13-10-14-24(25)28/h7-14,19-20,22H,6,15-17H2,1-5H3. The highest BCUT2D eigenvalue weighted by atomic mass is 79.9. The summed E-state index contributed by atoms with van der Waals surface area (Å²) in [5, 5.41) is 10.4. The molecule has 162 valence electrons. The Bertz CT molecular complexity index is 822. The maximum absolute atomic E-state index is 10.4. The van der Waals surface area contributed by atoms with Gasteiger partial charge in [-0.2, -0.15) is 5.26 Å². The van der Waals surface area contributed by atoms with Crippen LogP contribution in [0.4, 0.5) is 0 Å². The van der Waals surface area contributed by atoms with E-state index < -0.39 is 5.41 Å². The third-order valence-electron chi connectivity index (χ3n) is 6.28. The van der Waals surface area contributed by atoms with Crippen molar-refractivity contribution in [2.75, 3.05) is 0 Å². The van der Waals surface area contributed by atoms with Crippen molar-refractivity contribution >= 4 is 31.9 Å². The second kappa shape index (κ2) is 11.5. The van der Waals surface area contributed by atoms with Crippen molar-refractivity contribution in [1.29, 1.82) is 5.26 Å². The molecule has 0 saturated heterocycles. The maximum Gasteiger partial charge on any atom is 0.0867 e. The molecule has 2 atom stereocenters. The van der Waals surface area contributed by atoms with Crippen molar-refractivity contribution in [1.82, 2.24) is 4.90 Å². The molecule has 4 heteroatoms. The lowest BCUT2D eigenvalue weighted by atomic mass is 9.69. The number of halogens is 2. The molecule has 0 amide bonds. The maximum atomic E-state index is 10.4. The van der Waals surface area contributed by atoms with Gasteiger partial charge >= 0.3 is 0 Å². The van der Waals surface area contributed by atoms with Crippen molar-refractivity contribution in [3.63, 3.8) is 0 Å². The molecule has 0 radical (unpaired) electrons. The molecule has 2 aromatic carbocycles. The minimum atomic E-state index is -0.540. The molecule has 0 aromatic heterocycles. The minimum Gasteiger partial charge on any atom is -0.294 e. The summed E-state index contributed by atoms with van der Waals surface area (Å²) in [6, 6.07) is 20.4. The molecular formula is C26H34Br2N2. The number of hydrogen-bond donors (Lipinski definition) is 0. The number of benzene rings is 2. The normalized spacial score (nSPS) is 14.7. The zero-order chi connectivity index (χ0) is 22.3. The molecule has 0 aliphatic carbocycles. The van der Waals surface area contributed by atoms with Crippen molar-refractivity contribution < 1.29 is 0 Å². The molecule has 0 saturated carbocycles. The first-order valence-electron chi connectivity index (χ1n) is 10.9. The van der Waals surface area contributed by atoms with Crippen LogP contribution in [-0.4, -0.2) is 17.0 Å². The summed E-state index contributed by atoms with van der Waals surface area (Å²) in [5.74, 6) is 0.205. The van der Waals surface area contributed by atoms with E-state index in [4.69, 9.17) is 0 Å². The van der Waals surface area contributed by atoms with Gasteiger partial charge in [0, 0.05) is 33.1 Å². The molecule has 2 aromatic rings.